The molecule has 17 heavy (non-hydrogen) atoms. The van der Waals surface area contributed by atoms with Crippen LogP contribution in [0.15, 0.2) is 16.8 Å². The first kappa shape index (κ1) is 11.0. The van der Waals surface area contributed by atoms with E-state index in [1.165, 1.54) is 6.20 Å². The molecule has 86 valence electrons. The SMILES string of the molecule is Cc1noc(CCNc2nccc(C#N)n2)n1. The third-order valence-electron chi connectivity index (χ3n) is 1.96. The number of rotatable bonds is 4. The molecule has 0 unspecified atom stereocenters. The minimum Gasteiger partial charge on any atom is -0.354 e. The smallest absolute Gasteiger partial charge is 0.228 e. The quantitative estimate of drug-likeness (QED) is 0.824. The zero-order valence-electron chi connectivity index (χ0n) is 9.21. The highest BCUT2D eigenvalue weighted by Crippen LogP contribution is 2.01. The number of aromatic nitrogens is 4. The fourth-order valence-corrected chi connectivity index (χ4v) is 1.23. The molecule has 0 amide bonds. The van der Waals surface area contributed by atoms with Crippen molar-refractivity contribution in [1.82, 2.24) is 20.1 Å². The van der Waals surface area contributed by atoms with Gasteiger partial charge in [0.1, 0.15) is 11.8 Å². The molecule has 0 fully saturated rings. The number of hydrogen-bond acceptors (Lipinski definition) is 7. The molecule has 1 N–H and O–H groups in total. The van der Waals surface area contributed by atoms with Crippen molar-refractivity contribution in [3.05, 3.63) is 29.7 Å². The van der Waals surface area contributed by atoms with E-state index in [1.54, 1.807) is 13.0 Å². The molecule has 7 nitrogen and oxygen atoms in total. The molecule has 0 spiro atoms. The first-order valence-corrected chi connectivity index (χ1v) is 5.04. The van der Waals surface area contributed by atoms with E-state index in [2.05, 4.69) is 25.4 Å². The molecule has 0 aliphatic heterocycles. The average Bonchev–Trinajstić information content (AvgIpc) is 2.75. The topological polar surface area (TPSA) is 101 Å². The Labute approximate surface area is 97.5 Å². The van der Waals surface area contributed by atoms with Gasteiger partial charge in [-0.15, -0.1) is 0 Å². The maximum atomic E-state index is 8.67. The molecule has 0 saturated heterocycles. The normalized spacial score (nSPS) is 9.88. The minimum absolute atomic E-state index is 0.330. The van der Waals surface area contributed by atoms with Crippen LogP contribution in [0.1, 0.15) is 17.4 Å². The lowest BCUT2D eigenvalue weighted by atomic mass is 10.4. The molecule has 0 aromatic carbocycles. The fraction of sp³-hybridized carbons (Fsp3) is 0.300. The summed E-state index contributed by atoms with van der Waals surface area (Å²) in [6, 6.07) is 3.49. The van der Waals surface area contributed by atoms with Gasteiger partial charge >= 0.3 is 0 Å². The summed E-state index contributed by atoms with van der Waals surface area (Å²) in [5.41, 5.74) is 0.330. The van der Waals surface area contributed by atoms with Crippen molar-refractivity contribution in [3.63, 3.8) is 0 Å². The van der Waals surface area contributed by atoms with Gasteiger partial charge in [0.25, 0.3) is 0 Å². The number of nitrogens with zero attached hydrogens (tertiary/aromatic N) is 5. The highest BCUT2D eigenvalue weighted by Gasteiger charge is 2.03. The van der Waals surface area contributed by atoms with Gasteiger partial charge in [0.15, 0.2) is 5.82 Å². The van der Waals surface area contributed by atoms with Gasteiger partial charge in [-0.2, -0.15) is 10.2 Å². The standard InChI is InChI=1S/C10H10N6O/c1-7-14-9(17-16-7)3-5-13-10-12-4-2-8(6-11)15-10/h2,4H,3,5H2,1H3,(H,12,13,15). The Bertz CT molecular complexity index is 544. The Hall–Kier alpha value is -2.49. The largest absolute Gasteiger partial charge is 0.354 e. The minimum atomic E-state index is 0.330. The van der Waals surface area contributed by atoms with Crippen molar-refractivity contribution in [1.29, 1.82) is 5.26 Å². The van der Waals surface area contributed by atoms with Crippen LogP contribution in [0.3, 0.4) is 0 Å². The fourth-order valence-electron chi connectivity index (χ4n) is 1.23. The lowest BCUT2D eigenvalue weighted by Gasteiger charge is -2.01. The maximum absolute atomic E-state index is 8.67. The van der Waals surface area contributed by atoms with Crippen LogP contribution in [0.25, 0.3) is 0 Å². The summed E-state index contributed by atoms with van der Waals surface area (Å²) in [4.78, 5) is 12.0. The van der Waals surface area contributed by atoms with E-state index >= 15 is 0 Å². The lowest BCUT2D eigenvalue weighted by Crippen LogP contribution is -2.08. The van der Waals surface area contributed by atoms with Crippen LogP contribution in [0.4, 0.5) is 5.95 Å². The van der Waals surface area contributed by atoms with E-state index in [9.17, 15) is 0 Å². The van der Waals surface area contributed by atoms with Crippen molar-refractivity contribution in [2.75, 3.05) is 11.9 Å². The molecule has 7 heteroatoms. The summed E-state index contributed by atoms with van der Waals surface area (Å²) in [5, 5.41) is 15.3. The highest BCUT2D eigenvalue weighted by molar-refractivity contribution is 5.29. The summed E-state index contributed by atoms with van der Waals surface area (Å²) in [6.45, 7) is 2.33. The van der Waals surface area contributed by atoms with Gasteiger partial charge < -0.3 is 9.84 Å². The predicted molar refractivity (Wildman–Crippen MR) is 58.0 cm³/mol. The van der Waals surface area contributed by atoms with E-state index < -0.39 is 0 Å². The van der Waals surface area contributed by atoms with Gasteiger partial charge in [-0.05, 0) is 13.0 Å². The van der Waals surface area contributed by atoms with Crippen LogP contribution in [0.2, 0.25) is 0 Å². The van der Waals surface area contributed by atoms with Crippen LogP contribution in [0, 0.1) is 18.3 Å². The molecular weight excluding hydrogens is 220 g/mol. The van der Waals surface area contributed by atoms with E-state index in [-0.39, 0.29) is 0 Å². The number of hydrogen-bond donors (Lipinski definition) is 1. The summed E-state index contributed by atoms with van der Waals surface area (Å²) < 4.78 is 4.95. The van der Waals surface area contributed by atoms with Gasteiger partial charge in [0.05, 0.1) is 0 Å². The molecular formula is C10H10N6O. The molecule has 2 heterocycles. The molecule has 0 bridgehead atoms. The number of nitrogens with one attached hydrogen (secondary N) is 1. The van der Waals surface area contributed by atoms with Gasteiger partial charge in [0.2, 0.25) is 11.8 Å². The zero-order chi connectivity index (χ0) is 12.1. The van der Waals surface area contributed by atoms with E-state index in [0.29, 0.717) is 36.3 Å². The van der Waals surface area contributed by atoms with Crippen LogP contribution in [-0.4, -0.2) is 26.7 Å². The van der Waals surface area contributed by atoms with Gasteiger partial charge in [-0.3, -0.25) is 0 Å². The molecule has 2 aromatic rings. The van der Waals surface area contributed by atoms with Crippen molar-refractivity contribution in [2.24, 2.45) is 0 Å². The van der Waals surface area contributed by atoms with Gasteiger partial charge in [-0.25, -0.2) is 9.97 Å². The summed E-state index contributed by atoms with van der Waals surface area (Å²) >= 11 is 0. The van der Waals surface area contributed by atoms with Crippen molar-refractivity contribution < 1.29 is 4.52 Å². The van der Waals surface area contributed by atoms with Gasteiger partial charge in [0, 0.05) is 19.2 Å². The molecule has 0 radical (unpaired) electrons. The number of nitriles is 1. The van der Waals surface area contributed by atoms with E-state index in [0.717, 1.165) is 0 Å². The van der Waals surface area contributed by atoms with Crippen molar-refractivity contribution in [3.8, 4) is 6.07 Å². The molecule has 0 saturated carbocycles. The first-order chi connectivity index (χ1) is 8.28. The Balaban J connectivity index is 1.88. The third-order valence-corrected chi connectivity index (χ3v) is 1.96. The second-order valence-electron chi connectivity index (χ2n) is 3.29. The summed E-state index contributed by atoms with van der Waals surface area (Å²) in [5.74, 6) is 1.59. The molecule has 0 aliphatic rings. The zero-order valence-corrected chi connectivity index (χ0v) is 9.21. The molecule has 2 rings (SSSR count). The average molecular weight is 230 g/mol. The monoisotopic (exact) mass is 230 g/mol. The predicted octanol–water partition coefficient (Wildman–Crippen LogP) is 0.694. The summed E-state index contributed by atoms with van der Waals surface area (Å²) in [6.07, 6.45) is 2.12. The van der Waals surface area contributed by atoms with Crippen molar-refractivity contribution >= 4 is 5.95 Å². The second kappa shape index (κ2) is 5.03. The molecule has 0 atom stereocenters. The van der Waals surface area contributed by atoms with E-state index in [1.807, 2.05) is 6.07 Å². The van der Waals surface area contributed by atoms with Crippen LogP contribution < -0.4 is 5.32 Å². The maximum Gasteiger partial charge on any atom is 0.228 e. The highest BCUT2D eigenvalue weighted by atomic mass is 16.5. The lowest BCUT2D eigenvalue weighted by molar-refractivity contribution is 0.377. The van der Waals surface area contributed by atoms with Gasteiger partial charge in [-0.1, -0.05) is 5.16 Å². The first-order valence-electron chi connectivity index (χ1n) is 5.04. The Morgan fingerprint density at radius 1 is 1.47 bits per heavy atom. The van der Waals surface area contributed by atoms with Crippen LogP contribution in [-0.2, 0) is 6.42 Å². The molecule has 2 aromatic heterocycles. The number of anilines is 1. The van der Waals surface area contributed by atoms with Crippen LogP contribution >= 0.6 is 0 Å². The number of aryl methyl sites for hydroxylation is 1. The molecule has 0 aliphatic carbocycles. The van der Waals surface area contributed by atoms with E-state index in [4.69, 9.17) is 9.78 Å². The Kier molecular flexibility index (Phi) is 3.25. The van der Waals surface area contributed by atoms with Crippen molar-refractivity contribution in [2.45, 2.75) is 13.3 Å². The Morgan fingerprint density at radius 2 is 2.35 bits per heavy atom. The van der Waals surface area contributed by atoms with Crippen LogP contribution in [0.5, 0.6) is 0 Å². The second-order valence-corrected chi connectivity index (χ2v) is 3.29. The Morgan fingerprint density at radius 3 is 3.06 bits per heavy atom. The third kappa shape index (κ3) is 2.98. The summed E-state index contributed by atoms with van der Waals surface area (Å²) in [7, 11) is 0.